The fraction of sp³-hybridized carbons (Fsp3) is 0.333. The molecule has 3 N–H and O–H groups in total. The van der Waals surface area contributed by atoms with Gasteiger partial charge in [0, 0.05) is 15.0 Å². The quantitative estimate of drug-likeness (QED) is 0.358. The van der Waals surface area contributed by atoms with Gasteiger partial charge in [0.15, 0.2) is 5.84 Å². The summed E-state index contributed by atoms with van der Waals surface area (Å²) in [6.07, 6.45) is 0. The van der Waals surface area contributed by atoms with Crippen LogP contribution in [0.5, 0.6) is 0 Å². The molecule has 0 aliphatic rings. The van der Waals surface area contributed by atoms with Gasteiger partial charge in [0.2, 0.25) is 0 Å². The Bertz CT molecular complexity index is 504. The van der Waals surface area contributed by atoms with Gasteiger partial charge < -0.3 is 15.8 Å². The summed E-state index contributed by atoms with van der Waals surface area (Å²) in [6.45, 7) is 3.82. The Labute approximate surface area is 128 Å². The summed E-state index contributed by atoms with van der Waals surface area (Å²) in [5, 5.41) is 11.5. The van der Waals surface area contributed by atoms with Crippen molar-refractivity contribution in [3.8, 4) is 0 Å². The lowest BCUT2D eigenvalue weighted by Crippen LogP contribution is -2.43. The first-order chi connectivity index (χ1) is 8.86. The van der Waals surface area contributed by atoms with Crippen LogP contribution in [0.2, 0.25) is 0 Å². The van der Waals surface area contributed by atoms with Crippen molar-refractivity contribution < 1.29 is 10.0 Å². The zero-order valence-corrected chi connectivity index (χ0v) is 13.8. The third kappa shape index (κ3) is 4.21. The van der Waals surface area contributed by atoms with Crippen molar-refractivity contribution in [3.63, 3.8) is 0 Å². The number of carbonyl (C=O) groups excluding carboxylic acids is 1. The summed E-state index contributed by atoms with van der Waals surface area (Å²) < 4.78 is 1.57. The highest BCUT2D eigenvalue weighted by Gasteiger charge is 2.21. The lowest BCUT2D eigenvalue weighted by molar-refractivity contribution is 0.0733. The van der Waals surface area contributed by atoms with Crippen LogP contribution in [0.3, 0.4) is 0 Å². The summed E-state index contributed by atoms with van der Waals surface area (Å²) in [7, 11) is 0. The van der Waals surface area contributed by atoms with Crippen LogP contribution in [0.1, 0.15) is 24.2 Å². The Balaban J connectivity index is 3.06. The van der Waals surface area contributed by atoms with Gasteiger partial charge in [-0.05, 0) is 48.0 Å². The molecule has 19 heavy (non-hydrogen) atoms. The van der Waals surface area contributed by atoms with Crippen LogP contribution in [-0.2, 0) is 0 Å². The number of hydrogen-bond acceptors (Lipinski definition) is 3. The normalized spacial score (nSPS) is 11.7. The van der Waals surface area contributed by atoms with Crippen LogP contribution in [0.15, 0.2) is 32.3 Å². The van der Waals surface area contributed by atoms with Crippen LogP contribution >= 0.6 is 31.9 Å². The van der Waals surface area contributed by atoms with Gasteiger partial charge in [0.25, 0.3) is 5.91 Å². The minimum absolute atomic E-state index is 0.00437. The molecule has 0 saturated carbocycles. The van der Waals surface area contributed by atoms with Gasteiger partial charge in [-0.1, -0.05) is 21.1 Å². The standard InChI is InChI=1S/C12H15Br2N3O2/c1-7(2)17(6-11(15)16-19)12(18)9-4-3-8(13)5-10(9)14/h3-5,7,19H,6H2,1-2H3,(H2,15,16). The van der Waals surface area contributed by atoms with Crippen molar-refractivity contribution in [2.24, 2.45) is 10.9 Å². The molecule has 0 spiro atoms. The van der Waals surface area contributed by atoms with Gasteiger partial charge in [0.1, 0.15) is 0 Å². The molecule has 0 radical (unpaired) electrons. The molecule has 0 aliphatic heterocycles. The Kier molecular flexibility index (Phi) is 5.81. The van der Waals surface area contributed by atoms with E-state index < -0.39 is 0 Å². The van der Waals surface area contributed by atoms with Crippen LogP contribution in [0.4, 0.5) is 0 Å². The number of benzene rings is 1. The minimum Gasteiger partial charge on any atom is -0.409 e. The van der Waals surface area contributed by atoms with E-state index in [1.807, 2.05) is 13.8 Å². The molecule has 0 saturated heterocycles. The number of nitrogens with two attached hydrogens (primary N) is 1. The Hall–Kier alpha value is -1.08. The van der Waals surface area contributed by atoms with Crippen LogP contribution in [-0.4, -0.2) is 34.4 Å². The third-order valence-corrected chi connectivity index (χ3v) is 3.66. The highest BCUT2D eigenvalue weighted by Crippen LogP contribution is 2.23. The lowest BCUT2D eigenvalue weighted by Gasteiger charge is -2.26. The molecule has 104 valence electrons. The molecule has 1 rings (SSSR count). The average molecular weight is 393 g/mol. The number of oxime groups is 1. The fourth-order valence-electron chi connectivity index (χ4n) is 1.51. The van der Waals surface area contributed by atoms with Crippen molar-refractivity contribution in [3.05, 3.63) is 32.7 Å². The fourth-order valence-corrected chi connectivity index (χ4v) is 2.73. The van der Waals surface area contributed by atoms with E-state index >= 15 is 0 Å². The Morgan fingerprint density at radius 3 is 2.58 bits per heavy atom. The molecule has 0 aromatic heterocycles. The van der Waals surface area contributed by atoms with Gasteiger partial charge in [0.05, 0.1) is 12.1 Å². The molecule has 1 aromatic rings. The van der Waals surface area contributed by atoms with E-state index in [2.05, 4.69) is 37.0 Å². The second-order valence-corrected chi connectivity index (χ2v) is 6.01. The molecule has 0 atom stereocenters. The first-order valence-corrected chi connectivity index (χ1v) is 7.17. The molecule has 0 aliphatic carbocycles. The second kappa shape index (κ2) is 6.91. The molecule has 1 aromatic carbocycles. The molecule has 1 amide bonds. The predicted molar refractivity (Wildman–Crippen MR) is 81.4 cm³/mol. The first-order valence-electron chi connectivity index (χ1n) is 5.59. The van der Waals surface area contributed by atoms with Gasteiger partial charge in [-0.3, -0.25) is 4.79 Å². The highest BCUT2D eigenvalue weighted by atomic mass is 79.9. The molecule has 0 heterocycles. The number of amidine groups is 1. The topological polar surface area (TPSA) is 78.9 Å². The van der Waals surface area contributed by atoms with Gasteiger partial charge >= 0.3 is 0 Å². The molecule has 0 fully saturated rings. The van der Waals surface area contributed by atoms with Crippen molar-refractivity contribution in [2.75, 3.05) is 6.54 Å². The maximum Gasteiger partial charge on any atom is 0.255 e. The number of hydrogen-bond donors (Lipinski definition) is 2. The average Bonchev–Trinajstić information content (AvgIpc) is 2.34. The maximum atomic E-state index is 12.5. The van der Waals surface area contributed by atoms with E-state index in [0.29, 0.717) is 10.0 Å². The first kappa shape index (κ1) is 16.0. The minimum atomic E-state index is -0.180. The second-order valence-electron chi connectivity index (χ2n) is 4.24. The van der Waals surface area contributed by atoms with Gasteiger partial charge in [-0.15, -0.1) is 0 Å². The number of halogens is 2. The van der Waals surface area contributed by atoms with E-state index in [1.54, 1.807) is 18.2 Å². The van der Waals surface area contributed by atoms with E-state index in [1.165, 1.54) is 4.90 Å². The zero-order valence-electron chi connectivity index (χ0n) is 10.6. The van der Waals surface area contributed by atoms with Crippen molar-refractivity contribution in [2.45, 2.75) is 19.9 Å². The number of nitrogens with zero attached hydrogens (tertiary/aromatic N) is 2. The zero-order chi connectivity index (χ0) is 14.6. The van der Waals surface area contributed by atoms with E-state index in [-0.39, 0.29) is 24.3 Å². The maximum absolute atomic E-state index is 12.5. The predicted octanol–water partition coefficient (Wildman–Crippen LogP) is 2.81. The molecule has 5 nitrogen and oxygen atoms in total. The Morgan fingerprint density at radius 2 is 2.11 bits per heavy atom. The number of amides is 1. The summed E-state index contributed by atoms with van der Waals surface area (Å²) in [5.41, 5.74) is 6.01. The van der Waals surface area contributed by atoms with E-state index in [4.69, 9.17) is 10.9 Å². The molecule has 0 unspecified atom stereocenters. The van der Waals surface area contributed by atoms with Crippen molar-refractivity contribution >= 4 is 43.6 Å². The van der Waals surface area contributed by atoms with Crippen molar-refractivity contribution in [1.82, 2.24) is 4.90 Å². The smallest absolute Gasteiger partial charge is 0.255 e. The van der Waals surface area contributed by atoms with Crippen LogP contribution in [0.25, 0.3) is 0 Å². The molecular weight excluding hydrogens is 378 g/mol. The molecule has 0 bridgehead atoms. The summed E-state index contributed by atoms with van der Waals surface area (Å²) >= 11 is 6.70. The van der Waals surface area contributed by atoms with Gasteiger partial charge in [-0.25, -0.2) is 0 Å². The van der Waals surface area contributed by atoms with Crippen molar-refractivity contribution in [1.29, 1.82) is 0 Å². The largest absolute Gasteiger partial charge is 0.409 e. The van der Waals surface area contributed by atoms with Gasteiger partial charge in [-0.2, -0.15) is 0 Å². The molecule has 7 heteroatoms. The van der Waals surface area contributed by atoms with Crippen LogP contribution in [0, 0.1) is 0 Å². The Morgan fingerprint density at radius 1 is 1.47 bits per heavy atom. The monoisotopic (exact) mass is 391 g/mol. The van der Waals surface area contributed by atoms with E-state index in [0.717, 1.165) is 4.47 Å². The van der Waals surface area contributed by atoms with Crippen LogP contribution < -0.4 is 5.73 Å². The lowest BCUT2D eigenvalue weighted by atomic mass is 10.1. The molecular formula is C12H15Br2N3O2. The summed E-state index contributed by atoms with van der Waals surface area (Å²) in [6, 6.07) is 5.25. The highest BCUT2D eigenvalue weighted by molar-refractivity contribution is 9.11. The number of rotatable bonds is 4. The third-order valence-electron chi connectivity index (χ3n) is 2.51. The SMILES string of the molecule is CC(C)N(C/C(N)=N/O)C(=O)c1ccc(Br)cc1Br. The summed E-state index contributed by atoms with van der Waals surface area (Å²) in [4.78, 5) is 14.0. The summed E-state index contributed by atoms with van der Waals surface area (Å²) in [5.74, 6) is -0.184. The number of carbonyl (C=O) groups is 1. The van der Waals surface area contributed by atoms with E-state index in [9.17, 15) is 4.79 Å².